The number of anilines is 2. The van der Waals surface area contributed by atoms with Crippen molar-refractivity contribution in [2.75, 3.05) is 17.2 Å². The number of carbonyl (C=O) groups excluding carboxylic acids is 1. The normalized spacial score (nSPS) is 11.3. The van der Waals surface area contributed by atoms with Crippen LogP contribution in [0.15, 0.2) is 30.3 Å². The lowest BCUT2D eigenvalue weighted by molar-refractivity contribution is -0.136. The van der Waals surface area contributed by atoms with Crippen LogP contribution in [0.2, 0.25) is 0 Å². The number of aryl methyl sites for hydroxylation is 1. The Bertz CT molecular complexity index is 762. The topological polar surface area (TPSA) is 66.9 Å². The average molecular weight is 366 g/mol. The summed E-state index contributed by atoms with van der Waals surface area (Å²) in [5.74, 6) is -0.431. The molecule has 140 valence electrons. The number of amides is 1. The minimum atomic E-state index is -4.56. The molecule has 2 N–H and O–H groups in total. The van der Waals surface area contributed by atoms with Gasteiger partial charge in [-0.05, 0) is 31.5 Å². The number of para-hydroxylation sites is 1. The van der Waals surface area contributed by atoms with Gasteiger partial charge in [0.25, 0.3) is 5.91 Å². The fraction of sp³-hybridized carbons (Fsp3) is 0.389. The summed E-state index contributed by atoms with van der Waals surface area (Å²) in [4.78, 5) is 20.7. The zero-order valence-electron chi connectivity index (χ0n) is 14.7. The zero-order chi connectivity index (χ0) is 19.2. The quantitative estimate of drug-likeness (QED) is 0.700. The smallest absolute Gasteiger partial charge is 0.354 e. The van der Waals surface area contributed by atoms with Gasteiger partial charge >= 0.3 is 6.18 Å². The van der Waals surface area contributed by atoms with Gasteiger partial charge in [0.15, 0.2) is 0 Å². The van der Waals surface area contributed by atoms with Gasteiger partial charge in [-0.25, -0.2) is 9.97 Å². The maximum Gasteiger partial charge on any atom is 0.418 e. The van der Waals surface area contributed by atoms with E-state index in [4.69, 9.17) is 0 Å². The minimum absolute atomic E-state index is 0.00692. The number of benzene rings is 1. The Hall–Kier alpha value is -2.64. The molecule has 0 aliphatic carbocycles. The molecule has 0 saturated heterocycles. The van der Waals surface area contributed by atoms with Gasteiger partial charge in [0.2, 0.25) is 5.95 Å². The van der Waals surface area contributed by atoms with Gasteiger partial charge in [-0.1, -0.05) is 31.9 Å². The van der Waals surface area contributed by atoms with Crippen LogP contribution >= 0.6 is 0 Å². The van der Waals surface area contributed by atoms with E-state index in [0.717, 1.165) is 25.3 Å². The van der Waals surface area contributed by atoms with E-state index in [-0.39, 0.29) is 17.3 Å². The number of hydrogen-bond acceptors (Lipinski definition) is 4. The summed E-state index contributed by atoms with van der Waals surface area (Å²) in [6.07, 6.45) is -1.49. The minimum Gasteiger partial charge on any atom is -0.354 e. The molecule has 0 fully saturated rings. The van der Waals surface area contributed by atoms with Gasteiger partial charge in [-0.3, -0.25) is 4.79 Å². The number of hydrogen-bond donors (Lipinski definition) is 2. The molecule has 2 rings (SSSR count). The molecule has 0 aliphatic heterocycles. The van der Waals surface area contributed by atoms with E-state index in [1.807, 2.05) is 0 Å². The summed E-state index contributed by atoms with van der Waals surface area (Å²) in [6.45, 7) is 4.44. The highest BCUT2D eigenvalue weighted by Crippen LogP contribution is 2.34. The number of carbonyl (C=O) groups is 1. The number of nitrogens with zero attached hydrogens (tertiary/aromatic N) is 2. The molecule has 0 aliphatic rings. The van der Waals surface area contributed by atoms with E-state index < -0.39 is 17.6 Å². The van der Waals surface area contributed by atoms with Crippen LogP contribution in [0.4, 0.5) is 24.8 Å². The standard InChI is InChI=1S/C18H21F3N4O/c1-3-4-7-10-22-17-23-12(2)11-15(25-17)16(26)24-14-9-6-5-8-13(14)18(19,20)21/h5-6,8-9,11H,3-4,7,10H2,1-2H3,(H,24,26)(H,22,23,25). The van der Waals surface area contributed by atoms with Crippen molar-refractivity contribution in [3.8, 4) is 0 Å². The molecule has 0 unspecified atom stereocenters. The molecule has 26 heavy (non-hydrogen) atoms. The molecule has 0 saturated carbocycles. The van der Waals surface area contributed by atoms with Crippen LogP contribution in [0.25, 0.3) is 0 Å². The van der Waals surface area contributed by atoms with Crippen LogP contribution in [-0.4, -0.2) is 22.4 Å². The van der Waals surface area contributed by atoms with E-state index in [9.17, 15) is 18.0 Å². The highest BCUT2D eigenvalue weighted by Gasteiger charge is 2.33. The first-order chi connectivity index (χ1) is 12.3. The van der Waals surface area contributed by atoms with Gasteiger partial charge in [0.05, 0.1) is 11.3 Å². The summed E-state index contributed by atoms with van der Waals surface area (Å²) in [6, 6.07) is 6.26. The van der Waals surface area contributed by atoms with Crippen molar-refractivity contribution in [2.45, 2.75) is 39.3 Å². The second-order valence-electron chi connectivity index (χ2n) is 5.85. The summed E-state index contributed by atoms with van der Waals surface area (Å²) in [5.41, 5.74) is -0.657. The summed E-state index contributed by atoms with van der Waals surface area (Å²) in [5, 5.41) is 5.32. The van der Waals surface area contributed by atoms with Crippen molar-refractivity contribution in [1.82, 2.24) is 9.97 Å². The van der Waals surface area contributed by atoms with Gasteiger partial charge in [0.1, 0.15) is 5.69 Å². The predicted octanol–water partition coefficient (Wildman–Crippen LogP) is 4.66. The van der Waals surface area contributed by atoms with Crippen molar-refractivity contribution in [3.63, 3.8) is 0 Å². The van der Waals surface area contributed by atoms with Gasteiger partial charge in [-0.15, -0.1) is 0 Å². The van der Waals surface area contributed by atoms with Crippen molar-refractivity contribution in [2.24, 2.45) is 0 Å². The molecule has 8 heteroatoms. The fourth-order valence-corrected chi connectivity index (χ4v) is 2.36. The van der Waals surface area contributed by atoms with E-state index >= 15 is 0 Å². The molecule has 0 bridgehead atoms. The lowest BCUT2D eigenvalue weighted by Gasteiger charge is -2.13. The number of nitrogens with one attached hydrogen (secondary N) is 2. The average Bonchev–Trinajstić information content (AvgIpc) is 2.58. The van der Waals surface area contributed by atoms with Crippen LogP contribution in [0, 0.1) is 6.92 Å². The molecule has 1 aromatic carbocycles. The highest BCUT2D eigenvalue weighted by atomic mass is 19.4. The third kappa shape index (κ3) is 5.44. The summed E-state index contributed by atoms with van der Waals surface area (Å²) in [7, 11) is 0. The Kier molecular flexibility index (Phi) is 6.54. The molecule has 1 amide bonds. The lowest BCUT2D eigenvalue weighted by Crippen LogP contribution is -2.19. The molecule has 0 atom stereocenters. The predicted molar refractivity (Wildman–Crippen MR) is 94.2 cm³/mol. The maximum atomic E-state index is 13.0. The molecule has 1 heterocycles. The van der Waals surface area contributed by atoms with E-state index in [2.05, 4.69) is 27.5 Å². The van der Waals surface area contributed by atoms with E-state index in [0.29, 0.717) is 12.2 Å². The number of aromatic nitrogens is 2. The number of unbranched alkanes of at least 4 members (excludes halogenated alkanes) is 2. The maximum absolute atomic E-state index is 13.0. The molecular formula is C18H21F3N4O. The van der Waals surface area contributed by atoms with Gasteiger partial charge in [0, 0.05) is 12.2 Å². The van der Waals surface area contributed by atoms with Crippen molar-refractivity contribution in [1.29, 1.82) is 0 Å². The first-order valence-electron chi connectivity index (χ1n) is 8.38. The number of rotatable bonds is 7. The third-order valence-corrected chi connectivity index (χ3v) is 3.63. The SMILES string of the molecule is CCCCCNc1nc(C)cc(C(=O)Nc2ccccc2C(F)(F)F)n1. The highest BCUT2D eigenvalue weighted by molar-refractivity contribution is 6.03. The van der Waals surface area contributed by atoms with Gasteiger partial charge < -0.3 is 10.6 Å². The Balaban J connectivity index is 2.16. The van der Waals surface area contributed by atoms with Crippen molar-refractivity contribution >= 4 is 17.5 Å². The monoisotopic (exact) mass is 366 g/mol. The summed E-state index contributed by atoms with van der Waals surface area (Å²) >= 11 is 0. The molecule has 1 aromatic heterocycles. The molecule has 0 radical (unpaired) electrons. The van der Waals surface area contributed by atoms with Crippen molar-refractivity contribution in [3.05, 3.63) is 47.3 Å². The van der Waals surface area contributed by atoms with Crippen LogP contribution in [0.3, 0.4) is 0 Å². The molecule has 0 spiro atoms. The molecule has 5 nitrogen and oxygen atoms in total. The number of halogens is 3. The third-order valence-electron chi connectivity index (χ3n) is 3.63. The first-order valence-corrected chi connectivity index (χ1v) is 8.38. The van der Waals surface area contributed by atoms with E-state index in [1.165, 1.54) is 24.3 Å². The lowest BCUT2D eigenvalue weighted by atomic mass is 10.1. The van der Waals surface area contributed by atoms with Crippen LogP contribution in [-0.2, 0) is 6.18 Å². The van der Waals surface area contributed by atoms with Crippen LogP contribution < -0.4 is 10.6 Å². The summed E-state index contributed by atoms with van der Waals surface area (Å²) < 4.78 is 39.1. The largest absolute Gasteiger partial charge is 0.418 e. The fourth-order valence-electron chi connectivity index (χ4n) is 2.36. The second kappa shape index (κ2) is 8.64. The van der Waals surface area contributed by atoms with Crippen LogP contribution in [0.5, 0.6) is 0 Å². The molecular weight excluding hydrogens is 345 g/mol. The Labute approximate surface area is 150 Å². The zero-order valence-corrected chi connectivity index (χ0v) is 14.7. The number of alkyl halides is 3. The van der Waals surface area contributed by atoms with E-state index in [1.54, 1.807) is 6.92 Å². The van der Waals surface area contributed by atoms with Gasteiger partial charge in [-0.2, -0.15) is 13.2 Å². The Morgan fingerprint density at radius 3 is 2.58 bits per heavy atom. The Morgan fingerprint density at radius 1 is 1.15 bits per heavy atom. The van der Waals surface area contributed by atoms with Crippen LogP contribution in [0.1, 0.15) is 47.9 Å². The molecule has 2 aromatic rings. The Morgan fingerprint density at radius 2 is 1.88 bits per heavy atom. The first kappa shape index (κ1) is 19.7. The second-order valence-corrected chi connectivity index (χ2v) is 5.85. The van der Waals surface area contributed by atoms with Crippen molar-refractivity contribution < 1.29 is 18.0 Å².